The summed E-state index contributed by atoms with van der Waals surface area (Å²) >= 11 is 6.73. The average Bonchev–Trinajstić information content (AvgIpc) is 3.52. The van der Waals surface area contributed by atoms with Crippen molar-refractivity contribution in [3.8, 4) is 11.1 Å². The Morgan fingerprint density at radius 1 is 1.05 bits per heavy atom. The molecule has 3 aromatic heterocycles. The van der Waals surface area contributed by atoms with Crippen molar-refractivity contribution < 1.29 is 17.2 Å². The second-order valence-corrected chi connectivity index (χ2v) is 12.2. The number of sulfonamides is 1. The van der Waals surface area contributed by atoms with Crippen molar-refractivity contribution in [3.63, 3.8) is 0 Å². The third-order valence-electron chi connectivity index (χ3n) is 6.89. The number of pyridine rings is 1. The summed E-state index contributed by atoms with van der Waals surface area (Å²) in [6.07, 6.45) is 2.69. The first kappa shape index (κ1) is 27.8. The van der Waals surface area contributed by atoms with Gasteiger partial charge >= 0.3 is 0 Å². The summed E-state index contributed by atoms with van der Waals surface area (Å²) in [5.74, 6) is -1.28. The molecule has 214 valence electrons. The standard InChI is InChI=1S/C29H24ClF2N7O2S/c1-38-27-20(8-9-22(30)25(27)29(37-38)39(42(2,40)41)19-6-4-3-5-7-19)21-14-24-28(35-15-34-24)36-26(21)23(33)12-16-10-17(31)13-18(32)11-16/h3-11,13-15,23H,12,33H2,1-2H3,(H,34,35,36). The van der Waals surface area contributed by atoms with Crippen molar-refractivity contribution in [2.45, 2.75) is 12.5 Å². The molecular formula is C29H24ClF2N7O2S. The number of aromatic amines is 1. The molecule has 0 fully saturated rings. The highest BCUT2D eigenvalue weighted by atomic mass is 35.5. The fraction of sp³-hybridized carbons (Fsp3) is 0.138. The number of hydrogen-bond acceptors (Lipinski definition) is 6. The number of benzene rings is 3. The van der Waals surface area contributed by atoms with Crippen LogP contribution in [-0.4, -0.2) is 39.4 Å². The highest BCUT2D eigenvalue weighted by molar-refractivity contribution is 7.92. The van der Waals surface area contributed by atoms with Gasteiger partial charge in [-0.15, -0.1) is 0 Å². The number of halogens is 3. The van der Waals surface area contributed by atoms with E-state index < -0.39 is 27.7 Å². The molecule has 6 rings (SSSR count). The number of rotatable bonds is 7. The molecule has 3 aromatic carbocycles. The zero-order valence-electron chi connectivity index (χ0n) is 22.4. The Labute approximate surface area is 244 Å². The third-order valence-corrected chi connectivity index (χ3v) is 8.25. The lowest BCUT2D eigenvalue weighted by molar-refractivity contribution is 0.576. The molecule has 0 radical (unpaired) electrons. The van der Waals surface area contributed by atoms with E-state index in [4.69, 9.17) is 22.3 Å². The van der Waals surface area contributed by atoms with E-state index in [0.717, 1.165) is 16.6 Å². The Morgan fingerprint density at radius 2 is 1.76 bits per heavy atom. The number of aromatic nitrogens is 5. The van der Waals surface area contributed by atoms with E-state index >= 15 is 0 Å². The summed E-state index contributed by atoms with van der Waals surface area (Å²) in [6.45, 7) is 0. The molecule has 6 aromatic rings. The summed E-state index contributed by atoms with van der Waals surface area (Å²) in [5, 5.41) is 5.31. The molecule has 0 aliphatic rings. The van der Waals surface area contributed by atoms with Crippen LogP contribution in [0.3, 0.4) is 0 Å². The maximum absolute atomic E-state index is 13.9. The van der Waals surface area contributed by atoms with E-state index in [1.54, 1.807) is 54.2 Å². The Bertz CT molecular complexity index is 2060. The predicted molar refractivity (Wildman–Crippen MR) is 159 cm³/mol. The fourth-order valence-electron chi connectivity index (χ4n) is 5.21. The van der Waals surface area contributed by atoms with Gasteiger partial charge in [0, 0.05) is 24.2 Å². The second kappa shape index (κ2) is 10.5. The number of H-pyrrole nitrogens is 1. The van der Waals surface area contributed by atoms with E-state index in [9.17, 15) is 17.2 Å². The monoisotopic (exact) mass is 607 g/mol. The first-order chi connectivity index (χ1) is 20.0. The number of nitrogens with two attached hydrogens (primary N) is 1. The van der Waals surface area contributed by atoms with E-state index in [1.165, 1.54) is 18.5 Å². The third kappa shape index (κ3) is 4.97. The minimum Gasteiger partial charge on any atom is -0.343 e. The molecule has 13 heteroatoms. The molecule has 0 bridgehead atoms. The topological polar surface area (TPSA) is 123 Å². The minimum absolute atomic E-state index is 0.0911. The molecule has 0 amide bonds. The Kier molecular flexibility index (Phi) is 6.92. The highest BCUT2D eigenvalue weighted by Gasteiger charge is 2.29. The van der Waals surface area contributed by atoms with Crippen LogP contribution in [0.4, 0.5) is 20.3 Å². The van der Waals surface area contributed by atoms with Gasteiger partial charge in [-0.25, -0.2) is 31.5 Å². The molecule has 42 heavy (non-hydrogen) atoms. The Morgan fingerprint density at radius 3 is 2.45 bits per heavy atom. The van der Waals surface area contributed by atoms with Crippen molar-refractivity contribution in [2.75, 3.05) is 10.6 Å². The zero-order valence-corrected chi connectivity index (χ0v) is 24.0. The van der Waals surface area contributed by atoms with Crippen LogP contribution in [0.2, 0.25) is 5.02 Å². The number of para-hydroxylation sites is 1. The molecule has 0 spiro atoms. The van der Waals surface area contributed by atoms with Gasteiger partial charge in [0.05, 0.1) is 51.4 Å². The summed E-state index contributed by atoms with van der Waals surface area (Å²) in [4.78, 5) is 12.0. The molecule has 3 N–H and O–H groups in total. The van der Waals surface area contributed by atoms with Gasteiger partial charge in [-0.3, -0.25) is 4.68 Å². The lowest BCUT2D eigenvalue weighted by Crippen LogP contribution is -2.25. The smallest absolute Gasteiger partial charge is 0.237 e. The number of hydrogen-bond donors (Lipinski definition) is 2. The van der Waals surface area contributed by atoms with Crippen LogP contribution in [0, 0.1) is 11.6 Å². The van der Waals surface area contributed by atoms with Gasteiger partial charge < -0.3 is 10.7 Å². The van der Waals surface area contributed by atoms with Crippen LogP contribution >= 0.6 is 11.6 Å². The molecule has 1 atom stereocenters. The molecule has 0 aliphatic carbocycles. The molecule has 0 aliphatic heterocycles. The number of anilines is 2. The highest BCUT2D eigenvalue weighted by Crippen LogP contribution is 2.43. The average molecular weight is 608 g/mol. The SMILES string of the molecule is Cn1nc(N(c2ccccc2)S(C)(=O)=O)c2c(Cl)ccc(-c3cc4[nH]cnc4nc3C(N)Cc3cc(F)cc(F)c3)c21. The summed E-state index contributed by atoms with van der Waals surface area (Å²) in [7, 11) is -2.15. The van der Waals surface area contributed by atoms with Crippen molar-refractivity contribution in [3.05, 3.63) is 101 Å². The van der Waals surface area contributed by atoms with Crippen molar-refractivity contribution in [1.82, 2.24) is 24.7 Å². The van der Waals surface area contributed by atoms with Crippen LogP contribution in [0.5, 0.6) is 0 Å². The number of nitrogens with zero attached hydrogens (tertiary/aromatic N) is 5. The van der Waals surface area contributed by atoms with Gasteiger partial charge in [0.1, 0.15) is 11.6 Å². The number of aryl methyl sites for hydroxylation is 1. The van der Waals surface area contributed by atoms with Gasteiger partial charge in [-0.05, 0) is 48.4 Å². The first-order valence-corrected chi connectivity index (χ1v) is 15.0. The normalized spacial score (nSPS) is 12.7. The number of fused-ring (bicyclic) bond motifs is 2. The summed E-state index contributed by atoms with van der Waals surface area (Å²) in [6, 6.07) is 16.3. The quantitative estimate of drug-likeness (QED) is 0.237. The van der Waals surface area contributed by atoms with Crippen molar-refractivity contribution >= 4 is 55.2 Å². The zero-order chi connectivity index (χ0) is 29.8. The maximum Gasteiger partial charge on any atom is 0.237 e. The van der Waals surface area contributed by atoms with Crippen LogP contribution in [-0.2, 0) is 23.5 Å². The lowest BCUT2D eigenvalue weighted by atomic mass is 9.94. The van der Waals surface area contributed by atoms with Gasteiger partial charge in [0.15, 0.2) is 11.5 Å². The van der Waals surface area contributed by atoms with Crippen molar-refractivity contribution in [2.24, 2.45) is 12.8 Å². The van der Waals surface area contributed by atoms with Crippen LogP contribution < -0.4 is 10.0 Å². The molecular weight excluding hydrogens is 584 g/mol. The van der Waals surface area contributed by atoms with Crippen LogP contribution in [0.15, 0.2) is 73.1 Å². The van der Waals surface area contributed by atoms with Gasteiger partial charge in [0.2, 0.25) is 10.0 Å². The van der Waals surface area contributed by atoms with E-state index in [0.29, 0.717) is 50.1 Å². The summed E-state index contributed by atoms with van der Waals surface area (Å²) in [5.41, 5.74) is 10.6. The van der Waals surface area contributed by atoms with Gasteiger partial charge in [0.25, 0.3) is 0 Å². The Hall–Kier alpha value is -4.39. The molecule has 3 heterocycles. The predicted octanol–water partition coefficient (Wildman–Crippen LogP) is 5.78. The minimum atomic E-state index is -3.84. The largest absolute Gasteiger partial charge is 0.343 e. The Balaban J connectivity index is 1.58. The van der Waals surface area contributed by atoms with E-state index in [1.807, 2.05) is 6.07 Å². The van der Waals surface area contributed by atoms with Gasteiger partial charge in [-0.1, -0.05) is 35.9 Å². The second-order valence-electron chi connectivity index (χ2n) is 9.91. The van der Waals surface area contributed by atoms with Gasteiger partial charge in [-0.2, -0.15) is 5.10 Å². The maximum atomic E-state index is 13.9. The molecule has 1 unspecified atom stereocenters. The van der Waals surface area contributed by atoms with E-state index in [-0.39, 0.29) is 17.3 Å². The number of nitrogens with one attached hydrogen (secondary N) is 1. The fourth-order valence-corrected chi connectivity index (χ4v) is 6.40. The van der Waals surface area contributed by atoms with Crippen LogP contribution in [0.25, 0.3) is 33.2 Å². The van der Waals surface area contributed by atoms with Crippen LogP contribution in [0.1, 0.15) is 17.3 Å². The summed E-state index contributed by atoms with van der Waals surface area (Å²) < 4.78 is 56.7. The molecule has 0 saturated heterocycles. The lowest BCUT2D eigenvalue weighted by Gasteiger charge is -2.20. The molecule has 9 nitrogen and oxygen atoms in total. The van der Waals surface area contributed by atoms with Crippen molar-refractivity contribution in [1.29, 1.82) is 0 Å². The molecule has 0 saturated carbocycles. The first-order valence-electron chi connectivity index (χ1n) is 12.8. The van der Waals surface area contributed by atoms with E-state index in [2.05, 4.69) is 15.1 Å². The number of imidazole rings is 1.